The van der Waals surface area contributed by atoms with Crippen LogP contribution < -0.4 is 10.1 Å². The molecule has 0 saturated carbocycles. The van der Waals surface area contributed by atoms with Gasteiger partial charge in [0.15, 0.2) is 0 Å². The first-order valence-electron chi connectivity index (χ1n) is 8.08. The Hall–Kier alpha value is -1.64. The lowest BCUT2D eigenvalue weighted by Crippen LogP contribution is -2.48. The molecule has 0 aromatic heterocycles. The van der Waals surface area contributed by atoms with Crippen LogP contribution in [0.3, 0.4) is 0 Å². The van der Waals surface area contributed by atoms with Gasteiger partial charge in [-0.25, -0.2) is 8.42 Å². The third kappa shape index (κ3) is 6.10. The fraction of sp³-hybridized carbons (Fsp3) is 0.562. The van der Waals surface area contributed by atoms with Crippen LogP contribution in [-0.2, 0) is 14.8 Å². The van der Waals surface area contributed by atoms with E-state index >= 15 is 0 Å². The molecule has 0 bridgehead atoms. The third-order valence-electron chi connectivity index (χ3n) is 3.88. The molecule has 0 unspecified atom stereocenters. The van der Waals surface area contributed by atoms with Gasteiger partial charge in [0.05, 0.1) is 18.8 Å². The molecule has 7 nitrogen and oxygen atoms in total. The van der Waals surface area contributed by atoms with Gasteiger partial charge in [-0.1, -0.05) is 18.2 Å². The van der Waals surface area contributed by atoms with Gasteiger partial charge in [-0.2, -0.15) is 4.31 Å². The number of likely N-dealkylation sites (N-methyl/N-ethyl adjacent to an activating group) is 1. The second-order valence-corrected chi connectivity index (χ2v) is 7.87. The van der Waals surface area contributed by atoms with E-state index in [0.29, 0.717) is 18.8 Å². The van der Waals surface area contributed by atoms with E-state index in [9.17, 15) is 13.2 Å². The monoisotopic (exact) mass is 355 g/mol. The van der Waals surface area contributed by atoms with Crippen LogP contribution in [0, 0.1) is 0 Å². The molecule has 1 N–H and O–H groups in total. The van der Waals surface area contributed by atoms with E-state index in [1.807, 2.05) is 37.4 Å². The van der Waals surface area contributed by atoms with Gasteiger partial charge in [0.1, 0.15) is 5.75 Å². The summed E-state index contributed by atoms with van der Waals surface area (Å²) in [7, 11) is -1.33. The van der Waals surface area contributed by atoms with Gasteiger partial charge >= 0.3 is 0 Å². The Kier molecular flexibility index (Phi) is 7.01. The van der Waals surface area contributed by atoms with Crippen LogP contribution in [0.5, 0.6) is 5.75 Å². The number of sulfonamides is 1. The van der Waals surface area contributed by atoms with Gasteiger partial charge in [-0.05, 0) is 19.2 Å². The molecule has 2 rings (SSSR count). The highest BCUT2D eigenvalue weighted by Crippen LogP contribution is 2.08. The number of nitrogens with one attached hydrogen (secondary N) is 1. The predicted molar refractivity (Wildman–Crippen MR) is 92.4 cm³/mol. The minimum absolute atomic E-state index is 0.0675. The number of para-hydroxylation sites is 1. The molecule has 1 fully saturated rings. The van der Waals surface area contributed by atoms with Crippen molar-refractivity contribution >= 4 is 15.9 Å². The van der Waals surface area contributed by atoms with Crippen molar-refractivity contribution in [2.75, 3.05) is 52.1 Å². The first-order valence-corrected chi connectivity index (χ1v) is 9.69. The lowest BCUT2D eigenvalue weighted by atomic mass is 10.3. The molecule has 1 saturated heterocycles. The second kappa shape index (κ2) is 9.00. The average Bonchev–Trinajstić information content (AvgIpc) is 2.56. The van der Waals surface area contributed by atoms with Gasteiger partial charge in [-0.3, -0.25) is 4.79 Å². The predicted octanol–water partition coefficient (Wildman–Crippen LogP) is 0.149. The molecule has 0 spiro atoms. The first-order chi connectivity index (χ1) is 11.5. The van der Waals surface area contributed by atoms with Crippen molar-refractivity contribution in [1.82, 2.24) is 14.5 Å². The maximum Gasteiger partial charge on any atom is 0.223 e. The van der Waals surface area contributed by atoms with Crippen LogP contribution in [0.4, 0.5) is 0 Å². The molecule has 1 aliphatic rings. The van der Waals surface area contributed by atoms with Crippen molar-refractivity contribution in [2.24, 2.45) is 0 Å². The van der Waals surface area contributed by atoms with Crippen LogP contribution in [0.15, 0.2) is 30.3 Å². The molecule has 1 aromatic rings. The van der Waals surface area contributed by atoms with E-state index in [1.54, 1.807) is 0 Å². The topological polar surface area (TPSA) is 79.0 Å². The minimum Gasteiger partial charge on any atom is -0.493 e. The van der Waals surface area contributed by atoms with Gasteiger partial charge in [0.25, 0.3) is 0 Å². The fourth-order valence-electron chi connectivity index (χ4n) is 2.38. The van der Waals surface area contributed by atoms with Crippen LogP contribution in [0.2, 0.25) is 0 Å². The lowest BCUT2D eigenvalue weighted by molar-refractivity contribution is -0.121. The molecule has 134 valence electrons. The van der Waals surface area contributed by atoms with Crippen LogP contribution in [-0.4, -0.2) is 75.7 Å². The molecular formula is C16H25N3O4S. The van der Waals surface area contributed by atoms with Crippen molar-refractivity contribution in [3.63, 3.8) is 0 Å². The van der Waals surface area contributed by atoms with Crippen LogP contribution in [0.1, 0.15) is 6.42 Å². The summed E-state index contributed by atoms with van der Waals surface area (Å²) in [6, 6.07) is 9.25. The standard InChI is InChI=1S/C16H25N3O4S/c1-18-9-11-19(12-10-18)24(21,22)14-8-17-16(20)7-13-23-15-5-3-2-4-6-15/h2-6H,7-14H2,1H3,(H,17,20). The molecule has 0 radical (unpaired) electrons. The van der Waals surface area contributed by atoms with Crippen molar-refractivity contribution in [1.29, 1.82) is 0 Å². The molecule has 0 aliphatic carbocycles. The van der Waals surface area contributed by atoms with E-state index in [1.165, 1.54) is 4.31 Å². The summed E-state index contributed by atoms with van der Waals surface area (Å²) in [6.45, 7) is 2.89. The Morgan fingerprint density at radius 1 is 1.17 bits per heavy atom. The van der Waals surface area contributed by atoms with Crippen LogP contribution >= 0.6 is 0 Å². The van der Waals surface area contributed by atoms with Gasteiger partial charge in [0.2, 0.25) is 15.9 Å². The Morgan fingerprint density at radius 3 is 2.50 bits per heavy atom. The van der Waals surface area contributed by atoms with Crippen molar-refractivity contribution in [3.05, 3.63) is 30.3 Å². The summed E-state index contributed by atoms with van der Waals surface area (Å²) in [6.07, 6.45) is 0.198. The quantitative estimate of drug-likeness (QED) is 0.718. The number of hydrogen-bond acceptors (Lipinski definition) is 5. The third-order valence-corrected chi connectivity index (χ3v) is 5.75. The zero-order chi connectivity index (χ0) is 17.4. The normalized spacial score (nSPS) is 16.7. The molecule has 24 heavy (non-hydrogen) atoms. The number of carbonyl (C=O) groups excluding carboxylic acids is 1. The first kappa shape index (κ1) is 18.7. The number of amides is 1. The average molecular weight is 355 g/mol. The summed E-state index contributed by atoms with van der Waals surface area (Å²) in [4.78, 5) is 13.8. The highest BCUT2D eigenvalue weighted by Gasteiger charge is 2.25. The van der Waals surface area contributed by atoms with E-state index in [0.717, 1.165) is 13.1 Å². The van der Waals surface area contributed by atoms with E-state index in [2.05, 4.69) is 10.2 Å². The second-order valence-electron chi connectivity index (χ2n) is 5.78. The summed E-state index contributed by atoms with van der Waals surface area (Å²) < 4.78 is 31.3. The molecular weight excluding hydrogens is 330 g/mol. The Balaban J connectivity index is 1.63. The zero-order valence-corrected chi connectivity index (χ0v) is 14.8. The number of rotatable bonds is 8. The minimum atomic E-state index is -3.31. The summed E-state index contributed by atoms with van der Waals surface area (Å²) in [5.41, 5.74) is 0. The molecule has 1 heterocycles. The number of hydrogen-bond donors (Lipinski definition) is 1. The number of benzene rings is 1. The SMILES string of the molecule is CN1CCN(S(=O)(=O)CCNC(=O)CCOc2ccccc2)CC1. The van der Waals surface area contributed by atoms with Crippen LogP contribution in [0.25, 0.3) is 0 Å². The number of ether oxygens (including phenoxy) is 1. The number of piperazine rings is 1. The Labute approximate surface area is 143 Å². The van der Waals surface area contributed by atoms with Gasteiger partial charge in [0, 0.05) is 32.7 Å². The summed E-state index contributed by atoms with van der Waals surface area (Å²) in [5, 5.41) is 2.64. The Morgan fingerprint density at radius 2 is 1.83 bits per heavy atom. The number of carbonyl (C=O) groups is 1. The maximum atomic E-state index is 12.2. The summed E-state index contributed by atoms with van der Waals surface area (Å²) in [5.74, 6) is 0.435. The zero-order valence-electron chi connectivity index (χ0n) is 14.0. The largest absolute Gasteiger partial charge is 0.493 e. The van der Waals surface area contributed by atoms with E-state index < -0.39 is 10.0 Å². The van der Waals surface area contributed by atoms with E-state index in [-0.39, 0.29) is 31.2 Å². The highest BCUT2D eigenvalue weighted by molar-refractivity contribution is 7.89. The van der Waals surface area contributed by atoms with E-state index in [4.69, 9.17) is 4.74 Å². The van der Waals surface area contributed by atoms with Crippen molar-refractivity contribution in [2.45, 2.75) is 6.42 Å². The van der Waals surface area contributed by atoms with Gasteiger partial charge in [-0.15, -0.1) is 0 Å². The summed E-state index contributed by atoms with van der Waals surface area (Å²) >= 11 is 0. The molecule has 1 aromatic carbocycles. The highest BCUT2D eigenvalue weighted by atomic mass is 32.2. The molecule has 1 aliphatic heterocycles. The molecule has 0 atom stereocenters. The fourth-order valence-corrected chi connectivity index (χ4v) is 3.72. The van der Waals surface area contributed by atoms with Gasteiger partial charge < -0.3 is 15.0 Å². The molecule has 8 heteroatoms. The Bertz CT molecular complexity index is 613. The maximum absolute atomic E-state index is 12.2. The van der Waals surface area contributed by atoms with Crippen molar-refractivity contribution in [3.8, 4) is 5.75 Å². The molecule has 1 amide bonds. The number of nitrogens with zero attached hydrogens (tertiary/aromatic N) is 2. The lowest BCUT2D eigenvalue weighted by Gasteiger charge is -2.31. The smallest absolute Gasteiger partial charge is 0.223 e. The van der Waals surface area contributed by atoms with Crippen molar-refractivity contribution < 1.29 is 17.9 Å².